The second-order valence-electron chi connectivity index (χ2n) is 6.44. The predicted octanol–water partition coefficient (Wildman–Crippen LogP) is 3.78. The number of esters is 1. The number of ether oxygens (including phenoxy) is 1. The normalized spacial score (nSPS) is 10.8. The van der Waals surface area contributed by atoms with Crippen molar-refractivity contribution < 1.29 is 14.3 Å². The van der Waals surface area contributed by atoms with Crippen LogP contribution >= 0.6 is 23.1 Å². The highest BCUT2D eigenvalue weighted by Gasteiger charge is 2.18. The number of amides is 1. The Balaban J connectivity index is 1.84. The number of thiophene rings is 1. The lowest BCUT2D eigenvalue weighted by Crippen LogP contribution is -2.24. The van der Waals surface area contributed by atoms with Crippen LogP contribution in [0.4, 0.5) is 5.69 Å². The first-order valence-corrected chi connectivity index (χ1v) is 10.9. The Kier molecular flexibility index (Phi) is 6.73. The third-order valence-corrected chi connectivity index (χ3v) is 6.58. The molecule has 0 radical (unpaired) electrons. The Morgan fingerprint density at radius 1 is 1.33 bits per heavy atom. The third kappa shape index (κ3) is 4.31. The van der Waals surface area contributed by atoms with E-state index < -0.39 is 5.97 Å². The van der Waals surface area contributed by atoms with Crippen molar-refractivity contribution in [2.75, 3.05) is 18.2 Å². The number of hydrogen-bond donors (Lipinski definition) is 1. The molecular weight excluding hydrogens is 422 g/mol. The van der Waals surface area contributed by atoms with Gasteiger partial charge < -0.3 is 10.1 Å². The molecule has 3 aromatic rings. The number of aryl methyl sites for hydroxylation is 2. The summed E-state index contributed by atoms with van der Waals surface area (Å²) in [5.74, 6) is -0.836. The number of para-hydroxylation sites is 1. The van der Waals surface area contributed by atoms with Crippen molar-refractivity contribution in [3.63, 3.8) is 0 Å². The molecule has 9 heteroatoms. The number of carbonyl (C=O) groups excluding carboxylic acids is 2. The highest BCUT2D eigenvalue weighted by atomic mass is 32.2. The van der Waals surface area contributed by atoms with Gasteiger partial charge in [0.1, 0.15) is 4.83 Å². The van der Waals surface area contributed by atoms with Crippen LogP contribution in [0.2, 0.25) is 0 Å². The highest BCUT2D eigenvalue weighted by Crippen LogP contribution is 2.28. The van der Waals surface area contributed by atoms with Crippen LogP contribution in [0.1, 0.15) is 20.8 Å². The summed E-state index contributed by atoms with van der Waals surface area (Å²) in [4.78, 5) is 43.7. The van der Waals surface area contributed by atoms with E-state index in [9.17, 15) is 14.4 Å². The zero-order valence-corrected chi connectivity index (χ0v) is 18.5. The molecule has 0 saturated heterocycles. The van der Waals surface area contributed by atoms with E-state index in [4.69, 9.17) is 4.74 Å². The van der Waals surface area contributed by atoms with Crippen molar-refractivity contribution >= 4 is 50.9 Å². The molecule has 7 nitrogen and oxygen atoms in total. The van der Waals surface area contributed by atoms with Gasteiger partial charge in [-0.2, -0.15) is 0 Å². The van der Waals surface area contributed by atoms with Gasteiger partial charge in [0.15, 0.2) is 5.16 Å². The summed E-state index contributed by atoms with van der Waals surface area (Å²) in [5.41, 5.74) is 1.43. The van der Waals surface area contributed by atoms with Gasteiger partial charge in [-0.3, -0.25) is 14.2 Å². The fourth-order valence-electron chi connectivity index (χ4n) is 2.91. The lowest BCUT2D eigenvalue weighted by Gasteiger charge is -2.11. The minimum Gasteiger partial charge on any atom is -0.465 e. The quantitative estimate of drug-likeness (QED) is 0.259. The average molecular weight is 444 g/mol. The Morgan fingerprint density at radius 3 is 2.77 bits per heavy atom. The van der Waals surface area contributed by atoms with E-state index in [-0.39, 0.29) is 22.8 Å². The van der Waals surface area contributed by atoms with Crippen LogP contribution in [0.15, 0.2) is 46.9 Å². The zero-order valence-electron chi connectivity index (χ0n) is 16.9. The van der Waals surface area contributed by atoms with Crippen LogP contribution in [-0.4, -0.2) is 34.3 Å². The summed E-state index contributed by atoms with van der Waals surface area (Å²) in [6.45, 7) is 7.88. The first-order chi connectivity index (χ1) is 14.4. The van der Waals surface area contributed by atoms with E-state index >= 15 is 0 Å². The first kappa shape index (κ1) is 21.8. The van der Waals surface area contributed by atoms with Crippen molar-refractivity contribution in [1.29, 1.82) is 0 Å². The van der Waals surface area contributed by atoms with Gasteiger partial charge in [0, 0.05) is 11.4 Å². The van der Waals surface area contributed by atoms with Crippen LogP contribution < -0.4 is 10.9 Å². The molecule has 0 aliphatic heterocycles. The second-order valence-corrected chi connectivity index (χ2v) is 8.58. The number of nitrogens with one attached hydrogen (secondary N) is 1. The summed E-state index contributed by atoms with van der Waals surface area (Å²) >= 11 is 2.62. The van der Waals surface area contributed by atoms with Crippen molar-refractivity contribution in [1.82, 2.24) is 9.55 Å². The molecule has 0 bridgehead atoms. The van der Waals surface area contributed by atoms with Crippen LogP contribution in [0.5, 0.6) is 0 Å². The van der Waals surface area contributed by atoms with E-state index in [0.717, 1.165) is 22.2 Å². The lowest BCUT2D eigenvalue weighted by molar-refractivity contribution is -0.113. The molecule has 0 aliphatic carbocycles. The minimum absolute atomic E-state index is 0.0218. The standard InChI is InChI=1S/C21H21N3O4S2/c1-5-10-24-19(26)17-12(2)13(3)30-18(17)23-21(24)29-11-16(25)22-15-9-7-6-8-14(15)20(27)28-4/h5-9H,1,10-11H2,2-4H3,(H,22,25). The molecule has 2 aromatic heterocycles. The monoisotopic (exact) mass is 443 g/mol. The summed E-state index contributed by atoms with van der Waals surface area (Å²) in [6.07, 6.45) is 1.63. The number of rotatable bonds is 7. The van der Waals surface area contributed by atoms with Gasteiger partial charge in [0.2, 0.25) is 5.91 Å². The summed E-state index contributed by atoms with van der Waals surface area (Å²) in [5, 5.41) is 3.78. The maximum atomic E-state index is 13.0. The van der Waals surface area contributed by atoms with E-state index in [1.54, 1.807) is 30.3 Å². The van der Waals surface area contributed by atoms with Gasteiger partial charge in [-0.05, 0) is 31.5 Å². The molecule has 0 fully saturated rings. The van der Waals surface area contributed by atoms with Gasteiger partial charge in [0.05, 0.1) is 29.5 Å². The van der Waals surface area contributed by atoms with Crippen molar-refractivity contribution in [2.24, 2.45) is 0 Å². The van der Waals surface area contributed by atoms with E-state index in [0.29, 0.717) is 27.6 Å². The number of carbonyl (C=O) groups is 2. The fourth-order valence-corrected chi connectivity index (χ4v) is 4.78. The molecule has 0 saturated carbocycles. The van der Waals surface area contributed by atoms with Crippen LogP contribution in [0, 0.1) is 13.8 Å². The molecule has 30 heavy (non-hydrogen) atoms. The maximum Gasteiger partial charge on any atom is 0.339 e. The molecule has 0 atom stereocenters. The van der Waals surface area contributed by atoms with Crippen molar-refractivity contribution in [2.45, 2.75) is 25.5 Å². The Bertz CT molecular complexity index is 1200. The second kappa shape index (κ2) is 9.27. The number of methoxy groups -OCH3 is 1. The number of hydrogen-bond acceptors (Lipinski definition) is 7. The topological polar surface area (TPSA) is 90.3 Å². The van der Waals surface area contributed by atoms with Gasteiger partial charge in [-0.25, -0.2) is 9.78 Å². The van der Waals surface area contributed by atoms with Crippen molar-refractivity contribution in [3.8, 4) is 0 Å². The van der Waals surface area contributed by atoms with Crippen LogP contribution in [0.25, 0.3) is 10.2 Å². The summed E-state index contributed by atoms with van der Waals surface area (Å²) in [7, 11) is 1.28. The Hall–Kier alpha value is -2.91. The first-order valence-electron chi connectivity index (χ1n) is 9.08. The van der Waals surface area contributed by atoms with Gasteiger partial charge >= 0.3 is 5.97 Å². The number of aromatic nitrogens is 2. The fraction of sp³-hybridized carbons (Fsp3) is 0.238. The zero-order chi connectivity index (χ0) is 21.8. The number of thioether (sulfide) groups is 1. The van der Waals surface area contributed by atoms with Crippen molar-refractivity contribution in [3.05, 3.63) is 63.3 Å². The third-order valence-electron chi connectivity index (χ3n) is 4.50. The molecule has 1 amide bonds. The SMILES string of the molecule is C=CCn1c(SCC(=O)Nc2ccccc2C(=O)OC)nc2sc(C)c(C)c2c1=O. The molecule has 0 unspecified atom stereocenters. The van der Waals surface area contributed by atoms with Crippen LogP contribution in [0.3, 0.4) is 0 Å². The largest absolute Gasteiger partial charge is 0.465 e. The predicted molar refractivity (Wildman–Crippen MR) is 121 cm³/mol. The molecule has 0 aliphatic rings. The molecular formula is C21H21N3O4S2. The van der Waals surface area contributed by atoms with E-state index in [1.165, 1.54) is 23.0 Å². The molecule has 1 N–H and O–H groups in total. The van der Waals surface area contributed by atoms with E-state index in [2.05, 4.69) is 16.9 Å². The number of nitrogens with zero attached hydrogens (tertiary/aromatic N) is 2. The van der Waals surface area contributed by atoms with Gasteiger partial charge in [0.25, 0.3) is 5.56 Å². The molecule has 0 spiro atoms. The molecule has 3 rings (SSSR count). The number of fused-ring (bicyclic) bond motifs is 1. The molecule has 1 aromatic carbocycles. The Morgan fingerprint density at radius 2 is 2.07 bits per heavy atom. The van der Waals surface area contributed by atoms with Gasteiger partial charge in [-0.15, -0.1) is 17.9 Å². The smallest absolute Gasteiger partial charge is 0.339 e. The average Bonchev–Trinajstić information content (AvgIpc) is 3.02. The lowest BCUT2D eigenvalue weighted by atomic mass is 10.2. The summed E-state index contributed by atoms with van der Waals surface area (Å²) < 4.78 is 6.27. The minimum atomic E-state index is -0.533. The molecule has 2 heterocycles. The molecule has 156 valence electrons. The maximum absolute atomic E-state index is 13.0. The summed E-state index contributed by atoms with van der Waals surface area (Å²) in [6, 6.07) is 6.61. The number of anilines is 1. The number of allylic oxidation sites excluding steroid dienone is 1. The van der Waals surface area contributed by atoms with Gasteiger partial charge in [-0.1, -0.05) is 30.0 Å². The highest BCUT2D eigenvalue weighted by molar-refractivity contribution is 7.99. The van der Waals surface area contributed by atoms with E-state index in [1.807, 2.05) is 13.8 Å². The Labute approximate surface area is 181 Å². The number of benzene rings is 1. The van der Waals surface area contributed by atoms with Crippen LogP contribution in [-0.2, 0) is 16.1 Å².